The van der Waals surface area contributed by atoms with Gasteiger partial charge in [-0.1, -0.05) is 5.16 Å². The second-order valence-electron chi connectivity index (χ2n) is 6.44. The molecule has 1 atom stereocenters. The van der Waals surface area contributed by atoms with Crippen LogP contribution >= 0.6 is 0 Å². The summed E-state index contributed by atoms with van der Waals surface area (Å²) in [6.07, 6.45) is 8.48. The van der Waals surface area contributed by atoms with Gasteiger partial charge in [0.05, 0.1) is 25.0 Å². The Morgan fingerprint density at radius 1 is 1.36 bits per heavy atom. The van der Waals surface area contributed by atoms with E-state index in [-0.39, 0.29) is 11.9 Å². The molecular formula is C18H20N4O3. The molecule has 0 radical (unpaired) electrons. The highest BCUT2D eigenvalue weighted by Crippen LogP contribution is 2.24. The Morgan fingerprint density at radius 2 is 2.28 bits per heavy atom. The summed E-state index contributed by atoms with van der Waals surface area (Å²) in [6.45, 7) is 3.44. The Kier molecular flexibility index (Phi) is 4.13. The first-order valence-electron chi connectivity index (χ1n) is 8.51. The van der Waals surface area contributed by atoms with Gasteiger partial charge in [-0.2, -0.15) is 5.10 Å². The summed E-state index contributed by atoms with van der Waals surface area (Å²) in [5, 5.41) is 8.29. The Labute approximate surface area is 145 Å². The first-order valence-corrected chi connectivity index (χ1v) is 8.51. The minimum atomic E-state index is -0.102. The highest BCUT2D eigenvalue weighted by atomic mass is 16.5. The first-order chi connectivity index (χ1) is 12.2. The molecule has 0 bridgehead atoms. The maximum atomic E-state index is 12.9. The van der Waals surface area contributed by atoms with Gasteiger partial charge in [-0.15, -0.1) is 0 Å². The minimum Gasteiger partial charge on any atom is -0.461 e. The molecule has 0 N–H and O–H groups in total. The molecular weight excluding hydrogens is 320 g/mol. The lowest BCUT2D eigenvalue weighted by Crippen LogP contribution is -2.46. The zero-order chi connectivity index (χ0) is 17.2. The average Bonchev–Trinajstić information content (AvgIpc) is 3.36. The van der Waals surface area contributed by atoms with Crippen LogP contribution in [-0.2, 0) is 6.54 Å². The Hall–Kier alpha value is -2.83. The van der Waals surface area contributed by atoms with E-state index >= 15 is 0 Å². The van der Waals surface area contributed by atoms with E-state index < -0.39 is 0 Å². The number of piperidine rings is 1. The number of likely N-dealkylation sites (tertiary alicyclic amines) is 1. The van der Waals surface area contributed by atoms with E-state index in [0.29, 0.717) is 23.8 Å². The molecule has 25 heavy (non-hydrogen) atoms. The molecule has 1 saturated heterocycles. The summed E-state index contributed by atoms with van der Waals surface area (Å²) in [6, 6.07) is 5.31. The van der Waals surface area contributed by atoms with Gasteiger partial charge in [0.1, 0.15) is 0 Å². The van der Waals surface area contributed by atoms with Gasteiger partial charge >= 0.3 is 0 Å². The van der Waals surface area contributed by atoms with Crippen molar-refractivity contribution in [3.63, 3.8) is 0 Å². The molecule has 1 aliphatic rings. The monoisotopic (exact) mass is 340 g/mol. The minimum absolute atomic E-state index is 0.102. The number of carbonyl (C=O) groups excluding carboxylic acids is 1. The molecule has 7 heteroatoms. The molecule has 0 saturated carbocycles. The molecule has 0 aliphatic carbocycles. The van der Waals surface area contributed by atoms with E-state index in [1.165, 1.54) is 0 Å². The standard InChI is InChI=1S/C18H20N4O3/c1-13-10-19-21(11-13)12-14-5-2-3-7-22(14)18(23)15-9-17(25-20-15)16-6-4-8-24-16/h4,6,8-11,14H,2-3,5,7,12H2,1H3/t14-/m0/s1. The number of nitrogens with zero attached hydrogens (tertiary/aromatic N) is 4. The molecule has 1 fully saturated rings. The van der Waals surface area contributed by atoms with Gasteiger partial charge in [0, 0.05) is 18.8 Å². The fourth-order valence-corrected chi connectivity index (χ4v) is 3.30. The van der Waals surface area contributed by atoms with E-state index in [2.05, 4.69) is 10.3 Å². The van der Waals surface area contributed by atoms with Gasteiger partial charge in [-0.3, -0.25) is 9.48 Å². The number of furan rings is 1. The summed E-state index contributed by atoms with van der Waals surface area (Å²) >= 11 is 0. The van der Waals surface area contributed by atoms with Gasteiger partial charge in [0.25, 0.3) is 5.91 Å². The largest absolute Gasteiger partial charge is 0.461 e. The van der Waals surface area contributed by atoms with Crippen LogP contribution < -0.4 is 0 Å². The third-order valence-electron chi connectivity index (χ3n) is 4.54. The van der Waals surface area contributed by atoms with Crippen molar-refractivity contribution in [1.29, 1.82) is 0 Å². The Morgan fingerprint density at radius 3 is 3.04 bits per heavy atom. The van der Waals surface area contributed by atoms with Crippen LogP contribution in [0.15, 0.2) is 45.8 Å². The summed E-state index contributed by atoms with van der Waals surface area (Å²) in [5.74, 6) is 0.925. The van der Waals surface area contributed by atoms with Crippen molar-refractivity contribution in [3.05, 3.63) is 48.1 Å². The van der Waals surface area contributed by atoms with Crippen LogP contribution in [0.2, 0.25) is 0 Å². The van der Waals surface area contributed by atoms with Crippen molar-refractivity contribution in [3.8, 4) is 11.5 Å². The van der Waals surface area contributed by atoms with Crippen molar-refractivity contribution in [2.75, 3.05) is 6.54 Å². The molecule has 1 amide bonds. The Bertz CT molecular complexity index is 849. The molecule has 0 aromatic carbocycles. The highest BCUT2D eigenvalue weighted by molar-refractivity contribution is 5.93. The lowest BCUT2D eigenvalue weighted by atomic mass is 10.0. The number of hydrogen-bond donors (Lipinski definition) is 0. The maximum Gasteiger partial charge on any atom is 0.276 e. The maximum absolute atomic E-state index is 12.9. The number of carbonyl (C=O) groups is 1. The van der Waals surface area contributed by atoms with E-state index in [9.17, 15) is 4.79 Å². The highest BCUT2D eigenvalue weighted by Gasteiger charge is 2.30. The third kappa shape index (κ3) is 3.22. The Balaban J connectivity index is 1.52. The predicted molar refractivity (Wildman–Crippen MR) is 89.8 cm³/mol. The molecule has 130 valence electrons. The SMILES string of the molecule is Cc1cnn(C[C@@H]2CCCCN2C(=O)c2cc(-c3ccco3)on2)c1. The smallest absolute Gasteiger partial charge is 0.276 e. The molecule has 7 nitrogen and oxygen atoms in total. The van der Waals surface area contributed by atoms with Crippen LogP contribution in [-0.4, -0.2) is 38.3 Å². The van der Waals surface area contributed by atoms with E-state index in [1.54, 1.807) is 24.5 Å². The number of amides is 1. The zero-order valence-corrected chi connectivity index (χ0v) is 14.1. The van der Waals surface area contributed by atoms with Gasteiger partial charge in [0.15, 0.2) is 11.5 Å². The lowest BCUT2D eigenvalue weighted by molar-refractivity contribution is 0.0573. The summed E-state index contributed by atoms with van der Waals surface area (Å²) in [7, 11) is 0. The number of rotatable bonds is 4. The quantitative estimate of drug-likeness (QED) is 0.729. The number of hydrogen-bond acceptors (Lipinski definition) is 5. The van der Waals surface area contributed by atoms with Gasteiger partial charge in [-0.05, 0) is 43.9 Å². The number of aryl methyl sites for hydroxylation is 1. The van der Waals surface area contributed by atoms with Gasteiger partial charge < -0.3 is 13.8 Å². The fraction of sp³-hybridized carbons (Fsp3) is 0.389. The summed E-state index contributed by atoms with van der Waals surface area (Å²) in [5.41, 5.74) is 1.43. The molecule has 0 unspecified atom stereocenters. The third-order valence-corrected chi connectivity index (χ3v) is 4.54. The van der Waals surface area contributed by atoms with E-state index in [0.717, 1.165) is 31.4 Å². The predicted octanol–water partition coefficient (Wildman–Crippen LogP) is 3.13. The summed E-state index contributed by atoms with van der Waals surface area (Å²) < 4.78 is 12.5. The van der Waals surface area contributed by atoms with E-state index in [4.69, 9.17) is 8.94 Å². The van der Waals surface area contributed by atoms with Crippen LogP contribution in [0.25, 0.3) is 11.5 Å². The van der Waals surface area contributed by atoms with Crippen molar-refractivity contribution in [2.45, 2.75) is 38.8 Å². The van der Waals surface area contributed by atoms with Crippen LogP contribution in [0.5, 0.6) is 0 Å². The second kappa shape index (κ2) is 6.58. The molecule has 0 spiro atoms. The first kappa shape index (κ1) is 15.7. The van der Waals surface area contributed by atoms with Crippen LogP contribution in [0.4, 0.5) is 0 Å². The topological polar surface area (TPSA) is 77.3 Å². The zero-order valence-electron chi connectivity index (χ0n) is 14.1. The molecule has 3 aromatic rings. The second-order valence-corrected chi connectivity index (χ2v) is 6.44. The molecule has 4 rings (SSSR count). The van der Waals surface area contributed by atoms with Crippen molar-refractivity contribution in [1.82, 2.24) is 19.8 Å². The molecule has 3 aromatic heterocycles. The van der Waals surface area contributed by atoms with Gasteiger partial charge in [0.2, 0.25) is 5.76 Å². The lowest BCUT2D eigenvalue weighted by Gasteiger charge is -2.35. The molecule has 1 aliphatic heterocycles. The fourth-order valence-electron chi connectivity index (χ4n) is 3.30. The normalized spacial score (nSPS) is 17.8. The van der Waals surface area contributed by atoms with Crippen LogP contribution in [0.3, 0.4) is 0 Å². The van der Waals surface area contributed by atoms with Crippen molar-refractivity contribution < 1.29 is 13.7 Å². The van der Waals surface area contributed by atoms with Crippen LogP contribution in [0.1, 0.15) is 35.3 Å². The average molecular weight is 340 g/mol. The number of aromatic nitrogens is 3. The molecule has 4 heterocycles. The van der Waals surface area contributed by atoms with Crippen molar-refractivity contribution in [2.24, 2.45) is 0 Å². The van der Waals surface area contributed by atoms with E-state index in [1.807, 2.05) is 28.9 Å². The van der Waals surface area contributed by atoms with Crippen molar-refractivity contribution >= 4 is 5.91 Å². The van der Waals surface area contributed by atoms with Gasteiger partial charge in [-0.25, -0.2) is 0 Å². The van der Waals surface area contributed by atoms with Crippen LogP contribution in [0, 0.1) is 6.92 Å². The summed E-state index contributed by atoms with van der Waals surface area (Å²) in [4.78, 5) is 14.8.